The molecule has 0 saturated carbocycles. The van der Waals surface area contributed by atoms with E-state index in [2.05, 4.69) is 0 Å². The van der Waals surface area contributed by atoms with Crippen LogP contribution in [0.25, 0.3) is 44.8 Å². The van der Waals surface area contributed by atoms with E-state index in [-0.39, 0.29) is 32.6 Å². The van der Waals surface area contributed by atoms with Crippen LogP contribution in [-0.2, 0) is 35.2 Å². The molecule has 0 atom stereocenters. The van der Waals surface area contributed by atoms with Gasteiger partial charge >= 0.3 is 0 Å². The normalized spacial score (nSPS) is 11.1. The molecule has 0 aliphatic rings. The average Bonchev–Trinajstić information content (AvgIpc) is 3.20. The molecule has 6 nitrogen and oxygen atoms in total. The number of imidazole rings is 2. The number of nitrogens with zero attached hydrogens (tertiary/aromatic N) is 4. The molecule has 0 aliphatic carbocycles. The van der Waals surface area contributed by atoms with Gasteiger partial charge < -0.3 is 19.3 Å². The fourth-order valence-corrected chi connectivity index (χ4v) is 3.72. The van der Waals surface area contributed by atoms with E-state index in [9.17, 15) is 10.2 Å². The van der Waals surface area contributed by atoms with Gasteiger partial charge in [0.15, 0.2) is 0 Å². The molecule has 5 rings (SSSR count). The summed E-state index contributed by atoms with van der Waals surface area (Å²) in [6.45, 7) is 0. The molecule has 0 aliphatic heterocycles. The van der Waals surface area contributed by atoms with Crippen LogP contribution in [0.3, 0.4) is 0 Å². The number of benzene rings is 3. The smallest absolute Gasteiger partial charge is 0.144 e. The van der Waals surface area contributed by atoms with Crippen molar-refractivity contribution in [2.45, 2.75) is 0 Å². The van der Waals surface area contributed by atoms with Crippen LogP contribution < -0.4 is 0 Å². The third-order valence-electron chi connectivity index (χ3n) is 5.19. The van der Waals surface area contributed by atoms with Gasteiger partial charge in [-0.25, -0.2) is 9.97 Å². The molecular formula is C22H18N4O2Pt. The van der Waals surface area contributed by atoms with Crippen LogP contribution in [0.15, 0.2) is 60.7 Å². The Balaban J connectivity index is 0.00000205. The zero-order valence-corrected chi connectivity index (χ0v) is 18.0. The van der Waals surface area contributed by atoms with Gasteiger partial charge in [-0.3, -0.25) is 0 Å². The summed E-state index contributed by atoms with van der Waals surface area (Å²) in [5.74, 6) is 1.73. The van der Waals surface area contributed by atoms with Gasteiger partial charge in [0.05, 0.1) is 22.2 Å². The minimum atomic E-state index is 0. The number of phenols is 2. The molecule has 2 N–H and O–H groups in total. The summed E-state index contributed by atoms with van der Waals surface area (Å²) in [7, 11) is 3.85. The Morgan fingerprint density at radius 3 is 1.38 bits per heavy atom. The standard InChI is InChI=1S/C22H18N4O2.Pt/c1-25-15-11-12-16-20(19(15)23-21(25)13-7-3-5-9-17(13)27)24-22(26(16)2)14-8-4-6-10-18(14)28;/h3-12,27-28H,1-2H3;. The van der Waals surface area contributed by atoms with Gasteiger partial charge in [-0.1, -0.05) is 24.3 Å². The number of phenolic OH excluding ortho intramolecular Hbond substituents is 2. The summed E-state index contributed by atoms with van der Waals surface area (Å²) in [6.07, 6.45) is 0. The van der Waals surface area contributed by atoms with E-state index in [4.69, 9.17) is 9.97 Å². The number of hydrogen-bond acceptors (Lipinski definition) is 4. The topological polar surface area (TPSA) is 76.1 Å². The number of aromatic nitrogens is 4. The maximum Gasteiger partial charge on any atom is 0.144 e. The van der Waals surface area contributed by atoms with Gasteiger partial charge in [0.1, 0.15) is 34.2 Å². The second-order valence-electron chi connectivity index (χ2n) is 6.82. The fraction of sp³-hybridized carbons (Fsp3) is 0.0909. The molecule has 0 saturated heterocycles. The Morgan fingerprint density at radius 2 is 1.00 bits per heavy atom. The van der Waals surface area contributed by atoms with Gasteiger partial charge in [-0.05, 0) is 36.4 Å². The summed E-state index contributed by atoms with van der Waals surface area (Å²) >= 11 is 0. The Bertz CT molecular complexity index is 1270. The van der Waals surface area contributed by atoms with Crippen molar-refractivity contribution in [3.8, 4) is 34.3 Å². The fourth-order valence-electron chi connectivity index (χ4n) is 3.72. The summed E-state index contributed by atoms with van der Waals surface area (Å²) in [6, 6.07) is 18.3. The van der Waals surface area contributed by atoms with Gasteiger partial charge in [0.2, 0.25) is 0 Å². The number of para-hydroxylation sites is 2. The molecule has 29 heavy (non-hydrogen) atoms. The second-order valence-corrected chi connectivity index (χ2v) is 6.82. The zero-order chi connectivity index (χ0) is 19.4. The Labute approximate surface area is 181 Å². The van der Waals surface area contributed by atoms with Gasteiger partial charge in [-0.15, -0.1) is 0 Å². The Morgan fingerprint density at radius 1 is 0.621 bits per heavy atom. The molecule has 0 radical (unpaired) electrons. The maximum atomic E-state index is 10.3. The van der Waals surface area contributed by atoms with Crippen molar-refractivity contribution in [1.29, 1.82) is 0 Å². The van der Waals surface area contributed by atoms with E-state index in [0.29, 0.717) is 22.8 Å². The number of fused-ring (bicyclic) bond motifs is 3. The van der Waals surface area contributed by atoms with Crippen molar-refractivity contribution < 1.29 is 31.3 Å². The molecule has 2 heterocycles. The van der Waals surface area contributed by atoms with E-state index in [1.54, 1.807) is 24.3 Å². The van der Waals surface area contributed by atoms with Crippen molar-refractivity contribution in [1.82, 2.24) is 19.1 Å². The van der Waals surface area contributed by atoms with Crippen molar-refractivity contribution in [3.63, 3.8) is 0 Å². The first-order valence-electron chi connectivity index (χ1n) is 8.95. The van der Waals surface area contributed by atoms with Crippen LogP contribution in [0.5, 0.6) is 11.5 Å². The molecule has 7 heteroatoms. The molecule has 0 bridgehead atoms. The minimum absolute atomic E-state index is 0. The van der Waals surface area contributed by atoms with Crippen LogP contribution >= 0.6 is 0 Å². The first-order chi connectivity index (χ1) is 13.6. The number of rotatable bonds is 2. The second kappa shape index (κ2) is 7.05. The predicted molar refractivity (Wildman–Crippen MR) is 109 cm³/mol. The van der Waals surface area contributed by atoms with Crippen LogP contribution in [-0.4, -0.2) is 29.3 Å². The minimum Gasteiger partial charge on any atom is -0.507 e. The van der Waals surface area contributed by atoms with E-state index in [0.717, 1.165) is 22.1 Å². The largest absolute Gasteiger partial charge is 0.507 e. The number of aromatic hydroxyl groups is 2. The van der Waals surface area contributed by atoms with Crippen LogP contribution in [0.4, 0.5) is 0 Å². The molecule has 2 aromatic heterocycles. The summed E-state index contributed by atoms with van der Waals surface area (Å²) in [4.78, 5) is 9.61. The third kappa shape index (κ3) is 2.83. The molecule has 0 unspecified atom stereocenters. The first-order valence-corrected chi connectivity index (χ1v) is 8.95. The molecule has 0 spiro atoms. The quantitative estimate of drug-likeness (QED) is 0.337. The summed E-state index contributed by atoms with van der Waals surface area (Å²) < 4.78 is 3.91. The van der Waals surface area contributed by atoms with E-state index in [1.165, 1.54) is 0 Å². The maximum absolute atomic E-state index is 10.3. The van der Waals surface area contributed by atoms with Crippen LogP contribution in [0.2, 0.25) is 0 Å². The third-order valence-corrected chi connectivity index (χ3v) is 5.19. The molecule has 0 amide bonds. The predicted octanol–water partition coefficient (Wildman–Crippen LogP) is 4.20. The zero-order valence-electron chi connectivity index (χ0n) is 15.8. The Kier molecular flexibility index (Phi) is 4.67. The average molecular weight is 565 g/mol. The SMILES string of the molecule is Cn1c(-c2ccccc2O)nc2c3nc(-c4ccccc4O)n(C)c3ccc21.[Pt]. The van der Waals surface area contributed by atoms with E-state index < -0.39 is 0 Å². The van der Waals surface area contributed by atoms with Gasteiger partial charge in [0.25, 0.3) is 0 Å². The monoisotopic (exact) mass is 565 g/mol. The summed E-state index contributed by atoms with van der Waals surface area (Å²) in [5.41, 5.74) is 4.71. The van der Waals surface area contributed by atoms with Crippen LogP contribution in [0.1, 0.15) is 0 Å². The molecule has 0 fully saturated rings. The first kappa shape index (κ1) is 19.2. The van der Waals surface area contributed by atoms with E-state index in [1.807, 2.05) is 59.6 Å². The summed E-state index contributed by atoms with van der Waals surface area (Å²) in [5, 5.41) is 20.5. The Hall–Kier alpha value is -3.11. The van der Waals surface area contributed by atoms with Gasteiger partial charge in [-0.2, -0.15) is 0 Å². The van der Waals surface area contributed by atoms with Crippen molar-refractivity contribution in [3.05, 3.63) is 60.7 Å². The van der Waals surface area contributed by atoms with Gasteiger partial charge in [0, 0.05) is 35.2 Å². The molecular weight excluding hydrogens is 547 g/mol. The molecule has 5 aromatic rings. The van der Waals surface area contributed by atoms with Crippen molar-refractivity contribution in [2.24, 2.45) is 14.1 Å². The number of hydrogen-bond donors (Lipinski definition) is 2. The van der Waals surface area contributed by atoms with Crippen molar-refractivity contribution >= 4 is 22.1 Å². The van der Waals surface area contributed by atoms with Crippen molar-refractivity contribution in [2.75, 3.05) is 0 Å². The molecule has 3 aromatic carbocycles. The van der Waals surface area contributed by atoms with Crippen LogP contribution in [0, 0.1) is 0 Å². The molecule has 148 valence electrons. The van der Waals surface area contributed by atoms with E-state index >= 15 is 0 Å². The number of aryl methyl sites for hydroxylation is 2.